The van der Waals surface area contributed by atoms with Crippen LogP contribution in [0.1, 0.15) is 33.3 Å². The molecule has 0 aliphatic heterocycles. The first-order chi connectivity index (χ1) is 6.27. The number of nitrogen functional groups attached to an aromatic ring is 1. The number of rotatable bonds is 1. The van der Waals surface area contributed by atoms with Gasteiger partial charge in [0.05, 0.1) is 5.60 Å². The van der Waals surface area contributed by atoms with Crippen LogP contribution in [0.5, 0.6) is 0 Å². The molecule has 1 heterocycles. The predicted molar refractivity (Wildman–Crippen MR) is 57.7 cm³/mol. The van der Waals surface area contributed by atoms with Gasteiger partial charge in [0.25, 0.3) is 0 Å². The average Bonchev–Trinajstić information content (AvgIpc) is 2.02. The number of hydrogen-bond acceptors (Lipinski definition) is 3. The highest BCUT2D eigenvalue weighted by atomic mass is 16.3. The molecule has 0 aromatic carbocycles. The zero-order valence-corrected chi connectivity index (χ0v) is 9.20. The summed E-state index contributed by atoms with van der Waals surface area (Å²) in [5, 5.41) is 10.4. The summed E-state index contributed by atoms with van der Waals surface area (Å²) in [6, 6.07) is 3.60. The molecule has 1 rings (SSSR count). The van der Waals surface area contributed by atoms with Crippen molar-refractivity contribution in [1.29, 1.82) is 0 Å². The van der Waals surface area contributed by atoms with Crippen LogP contribution < -0.4 is 5.73 Å². The molecule has 1 aromatic rings. The van der Waals surface area contributed by atoms with Crippen molar-refractivity contribution >= 4 is 5.82 Å². The minimum Gasteiger partial charge on any atom is -0.385 e. The van der Waals surface area contributed by atoms with E-state index in [2.05, 4.69) is 4.98 Å². The number of pyridine rings is 1. The van der Waals surface area contributed by atoms with Crippen molar-refractivity contribution in [3.05, 3.63) is 23.9 Å². The Balaban J connectivity index is 3.23. The molecule has 3 nitrogen and oxygen atoms in total. The van der Waals surface area contributed by atoms with E-state index >= 15 is 0 Å². The van der Waals surface area contributed by atoms with Crippen LogP contribution >= 0.6 is 0 Å². The van der Waals surface area contributed by atoms with E-state index in [1.807, 2.05) is 26.8 Å². The molecule has 0 saturated heterocycles. The standard InChI is InChI=1S/C11H18N2O/c1-10(2,3)11(4,14)8-6-5-7-13-9(8)12/h5-7,14H,1-4H3,(H2,12,13). The smallest absolute Gasteiger partial charge is 0.129 e. The van der Waals surface area contributed by atoms with E-state index in [0.29, 0.717) is 11.4 Å². The van der Waals surface area contributed by atoms with Crippen molar-refractivity contribution in [2.24, 2.45) is 5.41 Å². The molecule has 78 valence electrons. The SMILES string of the molecule is CC(C)(C)C(C)(O)c1cccnc1N. The Morgan fingerprint density at radius 1 is 1.29 bits per heavy atom. The summed E-state index contributed by atoms with van der Waals surface area (Å²) >= 11 is 0. The third-order valence-electron chi connectivity index (χ3n) is 2.82. The highest BCUT2D eigenvalue weighted by Crippen LogP contribution is 2.40. The topological polar surface area (TPSA) is 59.1 Å². The average molecular weight is 194 g/mol. The molecule has 0 spiro atoms. The summed E-state index contributed by atoms with van der Waals surface area (Å²) in [4.78, 5) is 3.98. The van der Waals surface area contributed by atoms with Gasteiger partial charge in [0.1, 0.15) is 5.82 Å². The second-order valence-corrected chi connectivity index (χ2v) is 4.76. The molecule has 0 aliphatic rings. The number of hydrogen-bond donors (Lipinski definition) is 2. The van der Waals surface area contributed by atoms with E-state index in [4.69, 9.17) is 5.73 Å². The van der Waals surface area contributed by atoms with Gasteiger partial charge in [0, 0.05) is 11.8 Å². The van der Waals surface area contributed by atoms with Crippen LogP contribution in [-0.4, -0.2) is 10.1 Å². The van der Waals surface area contributed by atoms with Gasteiger partial charge in [-0.2, -0.15) is 0 Å². The van der Waals surface area contributed by atoms with E-state index in [-0.39, 0.29) is 5.41 Å². The zero-order valence-electron chi connectivity index (χ0n) is 9.20. The second kappa shape index (κ2) is 3.24. The third kappa shape index (κ3) is 1.73. The highest BCUT2D eigenvalue weighted by Gasteiger charge is 2.38. The number of aromatic nitrogens is 1. The fraction of sp³-hybridized carbons (Fsp3) is 0.545. The molecule has 0 bridgehead atoms. The van der Waals surface area contributed by atoms with Crippen LogP contribution in [0.15, 0.2) is 18.3 Å². The lowest BCUT2D eigenvalue weighted by Crippen LogP contribution is -2.37. The lowest BCUT2D eigenvalue weighted by Gasteiger charge is -2.37. The highest BCUT2D eigenvalue weighted by molar-refractivity contribution is 5.43. The minimum atomic E-state index is -0.967. The van der Waals surface area contributed by atoms with Crippen LogP contribution in [0.4, 0.5) is 5.82 Å². The largest absolute Gasteiger partial charge is 0.385 e. The Morgan fingerprint density at radius 3 is 2.29 bits per heavy atom. The van der Waals surface area contributed by atoms with E-state index in [1.54, 1.807) is 19.2 Å². The van der Waals surface area contributed by atoms with Crippen LogP contribution in [-0.2, 0) is 5.60 Å². The van der Waals surface area contributed by atoms with Gasteiger partial charge in [-0.1, -0.05) is 26.8 Å². The molecule has 3 heteroatoms. The number of nitrogens with zero attached hydrogens (tertiary/aromatic N) is 1. The van der Waals surface area contributed by atoms with Gasteiger partial charge in [0.2, 0.25) is 0 Å². The molecule has 0 saturated carbocycles. The van der Waals surface area contributed by atoms with Crippen LogP contribution in [0, 0.1) is 5.41 Å². The van der Waals surface area contributed by atoms with Crippen LogP contribution in [0.25, 0.3) is 0 Å². The number of anilines is 1. The lowest BCUT2D eigenvalue weighted by molar-refractivity contribution is -0.0465. The molecule has 1 aromatic heterocycles. The van der Waals surface area contributed by atoms with Gasteiger partial charge in [-0.05, 0) is 18.4 Å². The summed E-state index contributed by atoms with van der Waals surface area (Å²) < 4.78 is 0. The zero-order chi connectivity index (χ0) is 11.0. The Bertz CT molecular complexity index is 326. The Kier molecular flexibility index (Phi) is 2.54. The normalized spacial score (nSPS) is 16.4. The Hall–Kier alpha value is -1.09. The summed E-state index contributed by atoms with van der Waals surface area (Å²) in [6.07, 6.45) is 1.62. The van der Waals surface area contributed by atoms with Crippen molar-refractivity contribution < 1.29 is 5.11 Å². The van der Waals surface area contributed by atoms with Gasteiger partial charge in [-0.25, -0.2) is 4.98 Å². The number of nitrogens with two attached hydrogens (primary N) is 1. The molecular weight excluding hydrogens is 176 g/mol. The van der Waals surface area contributed by atoms with E-state index in [0.717, 1.165) is 0 Å². The summed E-state index contributed by atoms with van der Waals surface area (Å²) in [5.74, 6) is 0.396. The maximum Gasteiger partial charge on any atom is 0.129 e. The molecule has 0 aliphatic carbocycles. The fourth-order valence-corrected chi connectivity index (χ4v) is 1.23. The molecule has 1 atom stereocenters. The Morgan fingerprint density at radius 2 is 1.86 bits per heavy atom. The quantitative estimate of drug-likeness (QED) is 0.718. The number of aliphatic hydroxyl groups is 1. The molecule has 0 amide bonds. The second-order valence-electron chi connectivity index (χ2n) is 4.76. The monoisotopic (exact) mass is 194 g/mol. The predicted octanol–water partition coefficient (Wildman–Crippen LogP) is 1.92. The molecule has 0 radical (unpaired) electrons. The van der Waals surface area contributed by atoms with Crippen molar-refractivity contribution in [3.63, 3.8) is 0 Å². The van der Waals surface area contributed by atoms with Crippen molar-refractivity contribution in [1.82, 2.24) is 4.98 Å². The van der Waals surface area contributed by atoms with Gasteiger partial charge in [-0.15, -0.1) is 0 Å². The maximum atomic E-state index is 10.4. The summed E-state index contributed by atoms with van der Waals surface area (Å²) in [7, 11) is 0. The minimum absolute atomic E-state index is 0.274. The third-order valence-corrected chi connectivity index (χ3v) is 2.82. The first-order valence-corrected chi connectivity index (χ1v) is 4.70. The molecular formula is C11H18N2O. The fourth-order valence-electron chi connectivity index (χ4n) is 1.23. The molecule has 1 unspecified atom stereocenters. The van der Waals surface area contributed by atoms with E-state index in [9.17, 15) is 5.11 Å². The van der Waals surface area contributed by atoms with Crippen LogP contribution in [0.3, 0.4) is 0 Å². The maximum absolute atomic E-state index is 10.4. The van der Waals surface area contributed by atoms with Gasteiger partial charge < -0.3 is 10.8 Å². The molecule has 0 fully saturated rings. The summed E-state index contributed by atoms with van der Waals surface area (Å²) in [5.41, 5.74) is 5.18. The van der Waals surface area contributed by atoms with Gasteiger partial charge >= 0.3 is 0 Å². The van der Waals surface area contributed by atoms with E-state index < -0.39 is 5.60 Å². The first kappa shape index (κ1) is 11.0. The first-order valence-electron chi connectivity index (χ1n) is 4.70. The Labute approximate surface area is 85.0 Å². The van der Waals surface area contributed by atoms with Gasteiger partial charge in [-0.3, -0.25) is 0 Å². The van der Waals surface area contributed by atoms with Crippen LogP contribution in [0.2, 0.25) is 0 Å². The summed E-state index contributed by atoms with van der Waals surface area (Å²) in [6.45, 7) is 7.68. The van der Waals surface area contributed by atoms with Crippen molar-refractivity contribution in [3.8, 4) is 0 Å². The molecule has 3 N–H and O–H groups in total. The van der Waals surface area contributed by atoms with Crippen molar-refractivity contribution in [2.75, 3.05) is 5.73 Å². The van der Waals surface area contributed by atoms with Crippen molar-refractivity contribution in [2.45, 2.75) is 33.3 Å². The van der Waals surface area contributed by atoms with E-state index in [1.165, 1.54) is 0 Å². The lowest BCUT2D eigenvalue weighted by atomic mass is 9.73. The van der Waals surface area contributed by atoms with Gasteiger partial charge in [0.15, 0.2) is 0 Å². The molecule has 14 heavy (non-hydrogen) atoms.